The summed E-state index contributed by atoms with van der Waals surface area (Å²) in [7, 11) is 0. The van der Waals surface area contributed by atoms with Crippen LogP contribution in [0.1, 0.15) is 41.9 Å². The summed E-state index contributed by atoms with van der Waals surface area (Å²) in [6.07, 6.45) is 2.38. The van der Waals surface area contributed by atoms with Crippen LogP contribution < -0.4 is 0 Å². The smallest absolute Gasteiger partial charge is 0.176 e. The van der Waals surface area contributed by atoms with Crippen molar-refractivity contribution in [1.82, 2.24) is 4.57 Å². The highest BCUT2D eigenvalue weighted by molar-refractivity contribution is 9.10. The molecule has 1 aromatic carbocycles. The first-order valence-corrected chi connectivity index (χ1v) is 6.70. The van der Waals surface area contributed by atoms with E-state index in [1.54, 1.807) is 6.92 Å². The molecule has 0 radical (unpaired) electrons. The molecule has 1 saturated carbocycles. The van der Waals surface area contributed by atoms with Crippen molar-refractivity contribution in [3.63, 3.8) is 0 Å². The van der Waals surface area contributed by atoms with E-state index in [0.29, 0.717) is 6.04 Å². The van der Waals surface area contributed by atoms with Crippen molar-refractivity contribution in [2.75, 3.05) is 0 Å². The van der Waals surface area contributed by atoms with Crippen molar-refractivity contribution < 1.29 is 4.79 Å². The van der Waals surface area contributed by atoms with Crippen LogP contribution in [0.2, 0.25) is 0 Å². The molecule has 1 aliphatic carbocycles. The number of ketones is 1. The number of carbonyl (C=O) groups excluding carboxylic acids is 1. The maximum atomic E-state index is 11.9. The quantitative estimate of drug-likeness (QED) is 0.758. The Labute approximate surface area is 109 Å². The van der Waals surface area contributed by atoms with E-state index in [9.17, 15) is 4.79 Å². The van der Waals surface area contributed by atoms with E-state index >= 15 is 0 Å². The van der Waals surface area contributed by atoms with Crippen LogP contribution in [0.15, 0.2) is 22.7 Å². The van der Waals surface area contributed by atoms with Gasteiger partial charge in [-0.15, -0.1) is 0 Å². The van der Waals surface area contributed by atoms with E-state index in [1.807, 2.05) is 19.1 Å². The number of fused-ring (bicyclic) bond motifs is 1. The van der Waals surface area contributed by atoms with Gasteiger partial charge < -0.3 is 4.57 Å². The molecule has 0 unspecified atom stereocenters. The normalized spacial score (nSPS) is 15.5. The van der Waals surface area contributed by atoms with Gasteiger partial charge >= 0.3 is 0 Å². The van der Waals surface area contributed by atoms with E-state index in [0.717, 1.165) is 15.7 Å². The molecule has 1 fully saturated rings. The number of aromatic nitrogens is 1. The van der Waals surface area contributed by atoms with Crippen molar-refractivity contribution in [2.24, 2.45) is 0 Å². The number of carbonyl (C=O) groups is 1. The van der Waals surface area contributed by atoms with Crippen LogP contribution in [-0.2, 0) is 0 Å². The van der Waals surface area contributed by atoms with Crippen LogP contribution in [0.3, 0.4) is 0 Å². The highest BCUT2D eigenvalue weighted by Crippen LogP contribution is 2.42. The van der Waals surface area contributed by atoms with Gasteiger partial charge in [-0.05, 0) is 37.5 Å². The molecule has 0 aliphatic heterocycles. The maximum Gasteiger partial charge on any atom is 0.176 e. The van der Waals surface area contributed by atoms with Gasteiger partial charge in [0.15, 0.2) is 5.78 Å². The summed E-state index contributed by atoms with van der Waals surface area (Å²) in [5.74, 6) is 0.164. The van der Waals surface area contributed by atoms with Gasteiger partial charge in [0.25, 0.3) is 0 Å². The first kappa shape index (κ1) is 11.0. The van der Waals surface area contributed by atoms with E-state index in [2.05, 4.69) is 26.6 Å². The van der Waals surface area contributed by atoms with Gasteiger partial charge in [-0.1, -0.05) is 22.0 Å². The van der Waals surface area contributed by atoms with E-state index in [-0.39, 0.29) is 5.78 Å². The fourth-order valence-electron chi connectivity index (χ4n) is 2.65. The lowest BCUT2D eigenvalue weighted by molar-refractivity contribution is 0.100. The third-order valence-corrected chi connectivity index (χ3v) is 4.13. The Hall–Kier alpha value is -1.09. The number of rotatable bonds is 2. The molecule has 0 N–H and O–H groups in total. The molecule has 0 amide bonds. The number of benzene rings is 1. The van der Waals surface area contributed by atoms with Crippen LogP contribution in [0.25, 0.3) is 10.9 Å². The number of halogens is 1. The minimum Gasteiger partial charge on any atom is -0.335 e. The fraction of sp³-hybridized carbons (Fsp3) is 0.357. The highest BCUT2D eigenvalue weighted by atomic mass is 79.9. The van der Waals surface area contributed by atoms with Crippen molar-refractivity contribution >= 4 is 32.6 Å². The van der Waals surface area contributed by atoms with Crippen molar-refractivity contribution in [1.29, 1.82) is 0 Å². The molecule has 3 heteroatoms. The second-order valence-electron chi connectivity index (χ2n) is 4.76. The van der Waals surface area contributed by atoms with Gasteiger partial charge in [-0.25, -0.2) is 0 Å². The molecule has 0 saturated heterocycles. The summed E-state index contributed by atoms with van der Waals surface area (Å²) in [5.41, 5.74) is 3.17. The third kappa shape index (κ3) is 1.56. The largest absolute Gasteiger partial charge is 0.335 e. The molecule has 0 bridgehead atoms. The van der Waals surface area contributed by atoms with E-state index in [4.69, 9.17) is 0 Å². The number of aryl methyl sites for hydroxylation is 1. The Morgan fingerprint density at radius 1 is 1.41 bits per heavy atom. The molecule has 17 heavy (non-hydrogen) atoms. The molecule has 1 heterocycles. The second-order valence-corrected chi connectivity index (χ2v) is 5.62. The Morgan fingerprint density at radius 3 is 2.71 bits per heavy atom. The second kappa shape index (κ2) is 3.70. The van der Waals surface area contributed by atoms with Crippen LogP contribution >= 0.6 is 15.9 Å². The summed E-state index contributed by atoms with van der Waals surface area (Å²) in [6.45, 7) is 3.71. The van der Waals surface area contributed by atoms with Gasteiger partial charge in [0.2, 0.25) is 0 Å². The average molecular weight is 292 g/mol. The van der Waals surface area contributed by atoms with E-state index < -0.39 is 0 Å². The van der Waals surface area contributed by atoms with Crippen LogP contribution in [-0.4, -0.2) is 10.4 Å². The monoisotopic (exact) mass is 291 g/mol. The Kier molecular flexibility index (Phi) is 2.40. The minimum absolute atomic E-state index is 0.164. The predicted molar refractivity (Wildman–Crippen MR) is 72.7 cm³/mol. The average Bonchev–Trinajstić information content (AvgIpc) is 3.04. The van der Waals surface area contributed by atoms with Gasteiger partial charge in [0.1, 0.15) is 0 Å². The summed E-state index contributed by atoms with van der Waals surface area (Å²) >= 11 is 3.59. The molecule has 0 spiro atoms. The van der Waals surface area contributed by atoms with Crippen LogP contribution in [0.5, 0.6) is 0 Å². The third-order valence-electron chi connectivity index (χ3n) is 3.47. The van der Waals surface area contributed by atoms with Crippen LogP contribution in [0.4, 0.5) is 0 Å². The summed E-state index contributed by atoms with van der Waals surface area (Å²) < 4.78 is 3.31. The topological polar surface area (TPSA) is 22.0 Å². The Morgan fingerprint density at radius 2 is 2.12 bits per heavy atom. The minimum atomic E-state index is 0.164. The number of Topliss-reactive ketones (excluding diaryl/α,β-unsaturated/α-hetero) is 1. The van der Waals surface area contributed by atoms with Crippen LogP contribution in [0, 0.1) is 6.92 Å². The summed E-state index contributed by atoms with van der Waals surface area (Å²) in [4.78, 5) is 11.9. The maximum absolute atomic E-state index is 11.9. The zero-order chi connectivity index (χ0) is 12.2. The molecule has 1 aromatic heterocycles. The number of hydrogen-bond acceptors (Lipinski definition) is 1. The summed E-state index contributed by atoms with van der Waals surface area (Å²) in [6, 6.07) is 6.71. The lowest BCUT2D eigenvalue weighted by Gasteiger charge is -2.07. The molecular formula is C14H14BrNO. The van der Waals surface area contributed by atoms with Gasteiger partial charge in [0.05, 0.1) is 11.2 Å². The van der Waals surface area contributed by atoms with Crippen molar-refractivity contribution in [3.8, 4) is 0 Å². The molecule has 1 aliphatic rings. The molecule has 3 rings (SSSR count). The fourth-order valence-corrected chi connectivity index (χ4v) is 3.30. The molecule has 0 atom stereocenters. The zero-order valence-electron chi connectivity index (χ0n) is 9.96. The van der Waals surface area contributed by atoms with Gasteiger partial charge in [0, 0.05) is 22.8 Å². The predicted octanol–water partition coefficient (Wildman–Crippen LogP) is 4.25. The van der Waals surface area contributed by atoms with Crippen molar-refractivity contribution in [3.05, 3.63) is 33.9 Å². The number of hydrogen-bond donors (Lipinski definition) is 0. The number of nitrogens with zero attached hydrogens (tertiary/aromatic N) is 1. The standard InChI is InChI=1S/C14H14BrNO/c1-8-13-11(15)4-3-5-12(13)16(10-6-7-10)14(8)9(2)17/h3-5,10H,6-7H2,1-2H3. The molecule has 2 nitrogen and oxygen atoms in total. The zero-order valence-corrected chi connectivity index (χ0v) is 11.5. The molecular weight excluding hydrogens is 278 g/mol. The Bertz CT molecular complexity index is 623. The van der Waals surface area contributed by atoms with E-state index in [1.165, 1.54) is 23.7 Å². The first-order chi connectivity index (χ1) is 8.11. The van der Waals surface area contributed by atoms with Gasteiger partial charge in [-0.2, -0.15) is 0 Å². The molecule has 88 valence electrons. The Balaban J connectivity index is 2.45. The SMILES string of the molecule is CC(=O)c1c(C)c2c(Br)cccc2n1C1CC1. The van der Waals surface area contributed by atoms with Crippen molar-refractivity contribution in [2.45, 2.75) is 32.7 Å². The first-order valence-electron chi connectivity index (χ1n) is 5.91. The summed E-state index contributed by atoms with van der Waals surface area (Å²) in [5, 5.41) is 1.18. The lowest BCUT2D eigenvalue weighted by atomic mass is 10.1. The lowest BCUT2D eigenvalue weighted by Crippen LogP contribution is -2.05. The highest BCUT2D eigenvalue weighted by Gasteiger charge is 2.30. The molecule has 2 aromatic rings. The van der Waals surface area contributed by atoms with Gasteiger partial charge in [-0.3, -0.25) is 4.79 Å².